The van der Waals surface area contributed by atoms with Crippen molar-refractivity contribution in [3.63, 3.8) is 0 Å². The van der Waals surface area contributed by atoms with Crippen LogP contribution in [-0.4, -0.2) is 30.1 Å². The van der Waals surface area contributed by atoms with Gasteiger partial charge in [-0.3, -0.25) is 4.90 Å². The van der Waals surface area contributed by atoms with Gasteiger partial charge in [0.25, 0.3) is 0 Å². The zero-order valence-electron chi connectivity index (χ0n) is 12.2. The molecule has 0 aliphatic carbocycles. The summed E-state index contributed by atoms with van der Waals surface area (Å²) in [5, 5.41) is 3.96. The van der Waals surface area contributed by atoms with E-state index in [0.29, 0.717) is 18.0 Å². The van der Waals surface area contributed by atoms with Crippen LogP contribution in [0.1, 0.15) is 44.7 Å². The van der Waals surface area contributed by atoms with Gasteiger partial charge in [0.05, 0.1) is 0 Å². The lowest BCUT2D eigenvalue weighted by Gasteiger charge is -2.30. The third-order valence-electron chi connectivity index (χ3n) is 4.83. The van der Waals surface area contributed by atoms with Crippen LogP contribution in [-0.2, 0) is 0 Å². The van der Waals surface area contributed by atoms with Crippen LogP contribution >= 0.6 is 0 Å². The van der Waals surface area contributed by atoms with Crippen molar-refractivity contribution in [1.82, 2.24) is 10.2 Å². The summed E-state index contributed by atoms with van der Waals surface area (Å²) in [6.07, 6.45) is 4.10. The van der Waals surface area contributed by atoms with E-state index in [1.165, 1.54) is 37.9 Å². The minimum Gasteiger partial charge on any atom is -0.305 e. The van der Waals surface area contributed by atoms with Gasteiger partial charge in [-0.15, -0.1) is 0 Å². The van der Waals surface area contributed by atoms with E-state index in [4.69, 9.17) is 0 Å². The van der Waals surface area contributed by atoms with Crippen LogP contribution in [0, 0.1) is 5.92 Å². The molecule has 0 saturated carbocycles. The van der Waals surface area contributed by atoms with E-state index < -0.39 is 0 Å². The van der Waals surface area contributed by atoms with Crippen LogP contribution in [0.5, 0.6) is 0 Å². The Labute approximate surface area is 117 Å². The third kappa shape index (κ3) is 2.70. The third-order valence-corrected chi connectivity index (χ3v) is 4.83. The van der Waals surface area contributed by atoms with Gasteiger partial charge in [-0.2, -0.15) is 0 Å². The fourth-order valence-corrected chi connectivity index (χ4v) is 3.84. The van der Waals surface area contributed by atoms with Crippen LogP contribution in [0.2, 0.25) is 0 Å². The fraction of sp³-hybridized carbons (Fsp3) is 0.647. The molecule has 2 aliphatic rings. The number of nitrogens with zero attached hydrogens (tertiary/aromatic N) is 1. The molecule has 0 bridgehead atoms. The lowest BCUT2D eigenvalue weighted by atomic mass is 9.94. The van der Waals surface area contributed by atoms with Gasteiger partial charge in [0.15, 0.2) is 0 Å². The number of hydrogen-bond donors (Lipinski definition) is 1. The average molecular weight is 258 g/mol. The van der Waals surface area contributed by atoms with Crippen molar-refractivity contribution in [3.05, 3.63) is 35.9 Å². The van der Waals surface area contributed by atoms with Crippen molar-refractivity contribution in [2.45, 2.75) is 51.2 Å². The summed E-state index contributed by atoms with van der Waals surface area (Å²) >= 11 is 0. The Balaban J connectivity index is 1.72. The molecule has 3 atom stereocenters. The molecular weight excluding hydrogens is 232 g/mol. The summed E-state index contributed by atoms with van der Waals surface area (Å²) in [6.45, 7) is 7.26. The highest BCUT2D eigenvalue weighted by Crippen LogP contribution is 2.31. The molecule has 2 saturated heterocycles. The maximum atomic E-state index is 3.96. The zero-order chi connectivity index (χ0) is 13.2. The predicted octanol–water partition coefficient (Wildman–Crippen LogP) is 3.21. The van der Waals surface area contributed by atoms with Gasteiger partial charge < -0.3 is 5.32 Å². The largest absolute Gasteiger partial charge is 0.305 e. The summed E-state index contributed by atoms with van der Waals surface area (Å²) in [5.74, 6) is 0.637. The number of hydrogen-bond acceptors (Lipinski definition) is 2. The molecule has 2 nitrogen and oxygen atoms in total. The van der Waals surface area contributed by atoms with Crippen LogP contribution < -0.4 is 5.32 Å². The fourth-order valence-electron chi connectivity index (χ4n) is 3.84. The monoisotopic (exact) mass is 258 g/mol. The second-order valence-corrected chi connectivity index (χ2v) is 6.44. The molecule has 1 aromatic carbocycles. The first-order valence-electron chi connectivity index (χ1n) is 7.81. The molecule has 1 aromatic rings. The van der Waals surface area contributed by atoms with E-state index in [1.807, 2.05) is 0 Å². The number of benzene rings is 1. The molecule has 2 fully saturated rings. The quantitative estimate of drug-likeness (QED) is 0.892. The van der Waals surface area contributed by atoms with Gasteiger partial charge in [0.1, 0.15) is 0 Å². The van der Waals surface area contributed by atoms with Crippen molar-refractivity contribution < 1.29 is 0 Å². The zero-order valence-corrected chi connectivity index (χ0v) is 12.2. The highest BCUT2D eigenvalue weighted by Gasteiger charge is 2.38. The second-order valence-electron chi connectivity index (χ2n) is 6.44. The molecule has 104 valence electrons. The normalized spacial score (nSPS) is 28.8. The van der Waals surface area contributed by atoms with E-state index in [2.05, 4.69) is 54.4 Å². The molecule has 0 amide bonds. The molecule has 3 unspecified atom stereocenters. The Kier molecular flexibility index (Phi) is 3.90. The first kappa shape index (κ1) is 13.1. The van der Waals surface area contributed by atoms with Crippen molar-refractivity contribution in [1.29, 1.82) is 0 Å². The molecule has 1 N–H and O–H groups in total. The second kappa shape index (κ2) is 5.64. The van der Waals surface area contributed by atoms with Crippen LogP contribution in [0.3, 0.4) is 0 Å². The van der Waals surface area contributed by atoms with Gasteiger partial charge in [0.2, 0.25) is 0 Å². The highest BCUT2D eigenvalue weighted by molar-refractivity contribution is 5.20. The molecule has 2 heteroatoms. The smallest absolute Gasteiger partial charge is 0.0346 e. The SMILES string of the molecule is CC(C)C(NC1CCN2CCCC12)c1ccccc1. The van der Waals surface area contributed by atoms with Crippen LogP contribution in [0.15, 0.2) is 30.3 Å². The van der Waals surface area contributed by atoms with Gasteiger partial charge in [-0.05, 0) is 37.3 Å². The molecule has 0 spiro atoms. The molecule has 2 heterocycles. The molecule has 0 radical (unpaired) electrons. The Bertz CT molecular complexity index is 401. The van der Waals surface area contributed by atoms with E-state index in [0.717, 1.165) is 6.04 Å². The molecule has 3 rings (SSSR count). The minimum absolute atomic E-state index is 0.492. The minimum atomic E-state index is 0.492. The maximum absolute atomic E-state index is 3.96. The Morgan fingerprint density at radius 3 is 2.63 bits per heavy atom. The molecular formula is C17H26N2. The summed E-state index contributed by atoms with van der Waals surface area (Å²) < 4.78 is 0. The van der Waals surface area contributed by atoms with Gasteiger partial charge in [-0.25, -0.2) is 0 Å². The molecule has 19 heavy (non-hydrogen) atoms. The molecule has 2 aliphatic heterocycles. The average Bonchev–Trinajstić information content (AvgIpc) is 3.00. The van der Waals surface area contributed by atoms with Crippen molar-refractivity contribution in [2.24, 2.45) is 5.92 Å². The standard InChI is InChI=1S/C17H26N2/c1-13(2)17(14-7-4-3-5-8-14)18-15-10-12-19-11-6-9-16(15)19/h3-5,7-8,13,15-18H,6,9-12H2,1-2H3. The first-order valence-corrected chi connectivity index (χ1v) is 7.81. The first-order chi connectivity index (χ1) is 9.25. The van der Waals surface area contributed by atoms with Crippen molar-refractivity contribution in [2.75, 3.05) is 13.1 Å². The summed E-state index contributed by atoms with van der Waals surface area (Å²) in [5.41, 5.74) is 1.44. The Morgan fingerprint density at radius 2 is 1.89 bits per heavy atom. The summed E-state index contributed by atoms with van der Waals surface area (Å²) in [7, 11) is 0. The predicted molar refractivity (Wildman–Crippen MR) is 80.2 cm³/mol. The summed E-state index contributed by atoms with van der Waals surface area (Å²) in [4.78, 5) is 2.68. The Hall–Kier alpha value is -0.860. The van der Waals surface area contributed by atoms with Crippen molar-refractivity contribution >= 4 is 0 Å². The molecule has 0 aromatic heterocycles. The van der Waals surface area contributed by atoms with E-state index in [9.17, 15) is 0 Å². The van der Waals surface area contributed by atoms with Gasteiger partial charge in [-0.1, -0.05) is 44.2 Å². The number of fused-ring (bicyclic) bond motifs is 1. The van der Waals surface area contributed by atoms with Crippen LogP contribution in [0.4, 0.5) is 0 Å². The van der Waals surface area contributed by atoms with E-state index >= 15 is 0 Å². The number of rotatable bonds is 4. The summed E-state index contributed by atoms with van der Waals surface area (Å²) in [6, 6.07) is 12.9. The van der Waals surface area contributed by atoms with Gasteiger partial charge >= 0.3 is 0 Å². The van der Waals surface area contributed by atoms with Crippen molar-refractivity contribution in [3.8, 4) is 0 Å². The van der Waals surface area contributed by atoms with Crippen LogP contribution in [0.25, 0.3) is 0 Å². The number of nitrogens with one attached hydrogen (secondary N) is 1. The lowest BCUT2D eigenvalue weighted by Crippen LogP contribution is -2.42. The lowest BCUT2D eigenvalue weighted by molar-refractivity contribution is 0.274. The highest BCUT2D eigenvalue weighted by atomic mass is 15.2. The topological polar surface area (TPSA) is 15.3 Å². The van der Waals surface area contributed by atoms with E-state index in [-0.39, 0.29) is 0 Å². The maximum Gasteiger partial charge on any atom is 0.0346 e. The van der Waals surface area contributed by atoms with E-state index in [1.54, 1.807) is 0 Å². The Morgan fingerprint density at radius 1 is 1.11 bits per heavy atom. The van der Waals surface area contributed by atoms with Gasteiger partial charge in [0, 0.05) is 24.7 Å².